The summed E-state index contributed by atoms with van der Waals surface area (Å²) >= 11 is 0. The van der Waals surface area contributed by atoms with Crippen LogP contribution in [0.5, 0.6) is 5.75 Å². The van der Waals surface area contributed by atoms with Crippen molar-refractivity contribution < 1.29 is 19.7 Å². The molecule has 0 fully saturated rings. The van der Waals surface area contributed by atoms with Crippen molar-refractivity contribution in [2.75, 3.05) is 7.11 Å². The van der Waals surface area contributed by atoms with E-state index in [1.165, 1.54) is 6.20 Å². The molecule has 0 saturated carbocycles. The second kappa shape index (κ2) is 6.18. The molecule has 5 nitrogen and oxygen atoms in total. The number of hydrogen-bond donors (Lipinski definition) is 2. The minimum Gasteiger partial charge on any atom is -0.497 e. The molecule has 128 valence electrons. The normalized spacial score (nSPS) is 11.5. The van der Waals surface area contributed by atoms with E-state index in [2.05, 4.69) is 4.98 Å². The maximum Gasteiger partial charge on any atom is 0.337 e. The predicted molar refractivity (Wildman–Crippen MR) is 95.9 cm³/mol. The van der Waals surface area contributed by atoms with Gasteiger partial charge < -0.3 is 14.9 Å². The quantitative estimate of drug-likeness (QED) is 0.756. The van der Waals surface area contributed by atoms with Gasteiger partial charge in [0.15, 0.2) is 0 Å². The molecule has 0 bridgehead atoms. The lowest BCUT2D eigenvalue weighted by Gasteiger charge is -2.18. The summed E-state index contributed by atoms with van der Waals surface area (Å²) in [5.74, 6) is -0.397. The molecule has 0 spiro atoms. The minimum absolute atomic E-state index is 0.129. The van der Waals surface area contributed by atoms with Crippen LogP contribution in [0.25, 0.3) is 22.0 Å². The number of carbonyl (C=O) groups is 1. The van der Waals surface area contributed by atoms with Crippen molar-refractivity contribution in [2.45, 2.75) is 19.4 Å². The van der Waals surface area contributed by atoms with Gasteiger partial charge in [0, 0.05) is 17.1 Å². The van der Waals surface area contributed by atoms with Crippen molar-refractivity contribution in [1.29, 1.82) is 0 Å². The van der Waals surface area contributed by atoms with Gasteiger partial charge in [0.25, 0.3) is 0 Å². The summed E-state index contributed by atoms with van der Waals surface area (Å²) in [4.78, 5) is 15.5. The molecule has 1 heterocycles. The molecule has 0 saturated heterocycles. The van der Waals surface area contributed by atoms with E-state index in [9.17, 15) is 9.90 Å². The smallest absolute Gasteiger partial charge is 0.337 e. The summed E-state index contributed by atoms with van der Waals surface area (Å²) in [7, 11) is 1.57. The zero-order chi connectivity index (χ0) is 18.2. The Labute approximate surface area is 145 Å². The van der Waals surface area contributed by atoms with E-state index in [1.54, 1.807) is 33.1 Å². The third-order valence-electron chi connectivity index (χ3n) is 4.14. The highest BCUT2D eigenvalue weighted by atomic mass is 16.5. The molecular weight excluding hydrogens is 318 g/mol. The summed E-state index contributed by atoms with van der Waals surface area (Å²) in [5, 5.41) is 20.0. The third-order valence-corrected chi connectivity index (χ3v) is 4.14. The number of aromatic nitrogens is 1. The lowest BCUT2D eigenvalue weighted by molar-refractivity contribution is 0.0696. The number of pyridine rings is 1. The van der Waals surface area contributed by atoms with Gasteiger partial charge in [-0.3, -0.25) is 4.98 Å². The van der Waals surface area contributed by atoms with Crippen LogP contribution in [0, 0.1) is 0 Å². The van der Waals surface area contributed by atoms with Crippen LogP contribution in [0.1, 0.15) is 29.8 Å². The molecule has 0 amide bonds. The fourth-order valence-corrected chi connectivity index (χ4v) is 2.73. The molecule has 2 aromatic carbocycles. The summed E-state index contributed by atoms with van der Waals surface area (Å²) in [6.45, 7) is 3.47. The molecule has 5 heteroatoms. The SMILES string of the molecule is COc1cc(-c2ccc(C(C)(C)O)cc2)c2ncc(C(=O)O)cc2c1. The molecule has 2 N–H and O–H groups in total. The maximum absolute atomic E-state index is 11.2. The molecule has 0 aliphatic carbocycles. The Hall–Kier alpha value is -2.92. The number of nitrogens with zero attached hydrogens (tertiary/aromatic N) is 1. The lowest BCUT2D eigenvalue weighted by atomic mass is 9.94. The summed E-state index contributed by atoms with van der Waals surface area (Å²) in [6.07, 6.45) is 1.35. The van der Waals surface area contributed by atoms with E-state index in [-0.39, 0.29) is 5.56 Å². The number of ether oxygens (including phenoxy) is 1. The standard InChI is InChI=1S/C20H19NO4/c1-20(2,24)15-6-4-12(5-7-15)17-10-16(25-3)9-13-8-14(19(22)23)11-21-18(13)17/h4-11,24H,1-3H3,(H,22,23). The topological polar surface area (TPSA) is 79.7 Å². The first kappa shape index (κ1) is 16.9. The number of benzene rings is 2. The highest BCUT2D eigenvalue weighted by Crippen LogP contribution is 2.33. The molecule has 3 aromatic rings. The van der Waals surface area contributed by atoms with Gasteiger partial charge in [-0.2, -0.15) is 0 Å². The Bertz CT molecular complexity index is 940. The average molecular weight is 337 g/mol. The molecule has 0 unspecified atom stereocenters. The Morgan fingerprint density at radius 1 is 1.12 bits per heavy atom. The van der Waals surface area contributed by atoms with Gasteiger partial charge in [-0.15, -0.1) is 0 Å². The Kier molecular flexibility index (Phi) is 4.18. The van der Waals surface area contributed by atoms with Crippen LogP contribution in [-0.2, 0) is 5.60 Å². The van der Waals surface area contributed by atoms with Gasteiger partial charge >= 0.3 is 5.97 Å². The van der Waals surface area contributed by atoms with Gasteiger partial charge in [-0.25, -0.2) is 4.79 Å². The highest BCUT2D eigenvalue weighted by molar-refractivity contribution is 5.99. The first-order valence-electron chi connectivity index (χ1n) is 7.84. The van der Waals surface area contributed by atoms with Crippen molar-refractivity contribution in [3.05, 3.63) is 59.8 Å². The van der Waals surface area contributed by atoms with Gasteiger partial charge in [0.2, 0.25) is 0 Å². The first-order valence-corrected chi connectivity index (χ1v) is 7.84. The molecular formula is C20H19NO4. The monoisotopic (exact) mass is 337 g/mol. The number of aromatic carboxylic acids is 1. The molecule has 0 radical (unpaired) electrons. The van der Waals surface area contributed by atoms with Gasteiger partial charge in [0.05, 0.1) is 23.8 Å². The van der Waals surface area contributed by atoms with Gasteiger partial charge in [0.1, 0.15) is 5.75 Å². The highest BCUT2D eigenvalue weighted by Gasteiger charge is 2.16. The average Bonchev–Trinajstić information content (AvgIpc) is 2.59. The number of carboxylic acid groups (broad SMARTS) is 1. The zero-order valence-electron chi connectivity index (χ0n) is 14.3. The van der Waals surface area contributed by atoms with Crippen LogP contribution in [0.15, 0.2) is 48.7 Å². The predicted octanol–water partition coefficient (Wildman–Crippen LogP) is 3.84. The van der Waals surface area contributed by atoms with Gasteiger partial charge in [-0.05, 0) is 43.2 Å². The number of rotatable bonds is 4. The van der Waals surface area contributed by atoms with Crippen LogP contribution < -0.4 is 4.74 Å². The van der Waals surface area contributed by atoms with Crippen molar-refractivity contribution in [2.24, 2.45) is 0 Å². The van der Waals surface area contributed by atoms with E-state index in [0.29, 0.717) is 16.7 Å². The number of methoxy groups -OCH3 is 1. The molecule has 3 rings (SSSR count). The van der Waals surface area contributed by atoms with Crippen LogP contribution in [0.2, 0.25) is 0 Å². The van der Waals surface area contributed by atoms with Crippen LogP contribution >= 0.6 is 0 Å². The fraction of sp³-hybridized carbons (Fsp3) is 0.200. The molecule has 1 aromatic heterocycles. The Morgan fingerprint density at radius 2 is 1.80 bits per heavy atom. The van der Waals surface area contributed by atoms with Crippen molar-refractivity contribution >= 4 is 16.9 Å². The van der Waals surface area contributed by atoms with E-state index in [4.69, 9.17) is 9.84 Å². The van der Waals surface area contributed by atoms with E-state index >= 15 is 0 Å². The molecule has 0 atom stereocenters. The first-order chi connectivity index (χ1) is 11.8. The fourth-order valence-electron chi connectivity index (χ4n) is 2.73. The third kappa shape index (κ3) is 3.32. The van der Waals surface area contributed by atoms with Crippen LogP contribution in [0.3, 0.4) is 0 Å². The molecule has 25 heavy (non-hydrogen) atoms. The molecule has 0 aliphatic heterocycles. The van der Waals surface area contributed by atoms with E-state index < -0.39 is 11.6 Å². The summed E-state index contributed by atoms with van der Waals surface area (Å²) in [6, 6.07) is 12.8. The second-order valence-corrected chi connectivity index (χ2v) is 6.41. The number of carboxylic acids is 1. The Morgan fingerprint density at radius 3 is 2.36 bits per heavy atom. The number of aliphatic hydroxyl groups is 1. The van der Waals surface area contributed by atoms with Crippen molar-refractivity contribution in [3.8, 4) is 16.9 Å². The van der Waals surface area contributed by atoms with Gasteiger partial charge in [-0.1, -0.05) is 24.3 Å². The van der Waals surface area contributed by atoms with Crippen LogP contribution in [-0.4, -0.2) is 28.3 Å². The van der Waals surface area contributed by atoms with Crippen molar-refractivity contribution in [3.63, 3.8) is 0 Å². The summed E-state index contributed by atoms with van der Waals surface area (Å²) in [5.41, 5.74) is 2.47. The van der Waals surface area contributed by atoms with E-state index in [1.807, 2.05) is 30.3 Å². The Balaban J connectivity index is 2.19. The number of fused-ring (bicyclic) bond motifs is 1. The molecule has 0 aliphatic rings. The second-order valence-electron chi connectivity index (χ2n) is 6.41. The lowest BCUT2D eigenvalue weighted by Crippen LogP contribution is -2.14. The van der Waals surface area contributed by atoms with E-state index in [0.717, 1.165) is 16.7 Å². The van der Waals surface area contributed by atoms with Crippen molar-refractivity contribution in [1.82, 2.24) is 4.98 Å². The number of hydrogen-bond acceptors (Lipinski definition) is 4. The largest absolute Gasteiger partial charge is 0.497 e. The minimum atomic E-state index is -1.02. The maximum atomic E-state index is 11.2. The zero-order valence-corrected chi connectivity index (χ0v) is 14.3. The summed E-state index contributed by atoms with van der Waals surface area (Å²) < 4.78 is 5.35. The van der Waals surface area contributed by atoms with Crippen LogP contribution in [0.4, 0.5) is 0 Å².